The van der Waals surface area contributed by atoms with E-state index in [1.165, 1.54) is 4.90 Å². The number of hydrogen-bond acceptors (Lipinski definition) is 4. The molecular weight excluding hydrogens is 172 g/mol. The fraction of sp³-hybridized carbons (Fsp3) is 0.714. The summed E-state index contributed by atoms with van der Waals surface area (Å²) in [7, 11) is 3.34. The van der Waals surface area contributed by atoms with Gasteiger partial charge in [0.2, 0.25) is 5.91 Å². The molecule has 0 radical (unpaired) electrons. The van der Waals surface area contributed by atoms with Crippen molar-refractivity contribution >= 4 is 11.7 Å². The number of nitrogens with one attached hydrogen (secondary N) is 1. The third-order valence-electron chi connectivity index (χ3n) is 1.53. The first kappa shape index (κ1) is 11.7. The lowest BCUT2D eigenvalue weighted by Crippen LogP contribution is -2.44. The fourth-order valence-corrected chi connectivity index (χ4v) is 0.768. The van der Waals surface area contributed by atoms with Gasteiger partial charge >= 0.3 is 0 Å². The zero-order chi connectivity index (χ0) is 10.4. The molecule has 0 saturated carbocycles. The number of amides is 1. The topological polar surface area (TPSA) is 91.0 Å². The van der Waals surface area contributed by atoms with Gasteiger partial charge in [0.25, 0.3) is 0 Å². The van der Waals surface area contributed by atoms with E-state index in [1.807, 2.05) is 0 Å². The molecule has 0 spiro atoms. The maximum atomic E-state index is 11.3. The van der Waals surface area contributed by atoms with Crippen LogP contribution in [0.1, 0.15) is 6.92 Å². The predicted molar refractivity (Wildman–Crippen MR) is 49.6 cm³/mol. The fourth-order valence-electron chi connectivity index (χ4n) is 0.768. The van der Waals surface area contributed by atoms with Crippen molar-refractivity contribution in [2.24, 2.45) is 10.9 Å². The summed E-state index contributed by atoms with van der Waals surface area (Å²) in [6, 6.07) is -0.338. The Morgan fingerprint density at radius 1 is 1.69 bits per heavy atom. The van der Waals surface area contributed by atoms with Crippen LogP contribution in [0, 0.1) is 0 Å². The Balaban J connectivity index is 3.88. The van der Waals surface area contributed by atoms with E-state index in [0.29, 0.717) is 0 Å². The number of hydrogen-bond donors (Lipinski definition) is 3. The molecule has 1 atom stereocenters. The number of oxime groups is 1. The normalized spacial score (nSPS) is 13.9. The molecule has 1 amide bonds. The van der Waals surface area contributed by atoms with Crippen LogP contribution in [-0.2, 0) is 4.79 Å². The molecule has 0 aliphatic carbocycles. The van der Waals surface area contributed by atoms with Gasteiger partial charge in [-0.3, -0.25) is 10.1 Å². The molecule has 0 aromatic rings. The number of amidine groups is 1. The number of nitrogens with two attached hydrogens (primary N) is 1. The molecule has 76 valence electrons. The average Bonchev–Trinajstić information content (AvgIpc) is 2.11. The van der Waals surface area contributed by atoms with Crippen LogP contribution < -0.4 is 11.1 Å². The molecule has 0 fully saturated rings. The molecule has 4 N–H and O–H groups in total. The highest BCUT2D eigenvalue weighted by molar-refractivity contribution is 5.84. The molecule has 0 aliphatic heterocycles. The highest BCUT2D eigenvalue weighted by Crippen LogP contribution is 1.87. The van der Waals surface area contributed by atoms with Gasteiger partial charge in [-0.15, -0.1) is 0 Å². The molecular formula is C7H16N4O2. The molecule has 6 nitrogen and oxygen atoms in total. The van der Waals surface area contributed by atoms with Crippen molar-refractivity contribution in [1.82, 2.24) is 10.2 Å². The van der Waals surface area contributed by atoms with Gasteiger partial charge in [-0.25, -0.2) is 0 Å². The molecule has 0 aromatic heterocycles. The molecule has 0 rings (SSSR count). The molecule has 0 heterocycles. The molecule has 1 unspecified atom stereocenters. The zero-order valence-electron chi connectivity index (χ0n) is 8.11. The zero-order valence-corrected chi connectivity index (χ0v) is 8.11. The average molecular weight is 188 g/mol. The van der Waals surface area contributed by atoms with Crippen molar-refractivity contribution in [3.05, 3.63) is 0 Å². The second-order valence-corrected chi connectivity index (χ2v) is 2.93. The highest BCUT2D eigenvalue weighted by atomic mass is 16.4. The first-order valence-corrected chi connectivity index (χ1v) is 3.90. The minimum Gasteiger partial charge on any atom is -0.409 e. The third kappa shape index (κ3) is 4.32. The van der Waals surface area contributed by atoms with Gasteiger partial charge in [-0.2, -0.15) is 0 Å². The van der Waals surface area contributed by atoms with Gasteiger partial charge in [0.1, 0.15) is 0 Å². The van der Waals surface area contributed by atoms with Crippen LogP contribution >= 0.6 is 0 Å². The summed E-state index contributed by atoms with van der Waals surface area (Å²) in [5, 5.41) is 13.8. The van der Waals surface area contributed by atoms with Gasteiger partial charge in [-0.05, 0) is 6.92 Å². The van der Waals surface area contributed by atoms with Gasteiger partial charge in [0, 0.05) is 14.1 Å². The third-order valence-corrected chi connectivity index (χ3v) is 1.53. The van der Waals surface area contributed by atoms with Crippen LogP contribution in [0.25, 0.3) is 0 Å². The van der Waals surface area contributed by atoms with Crippen molar-refractivity contribution in [3.8, 4) is 0 Å². The first-order valence-electron chi connectivity index (χ1n) is 3.90. The molecule has 0 aromatic carbocycles. The number of rotatable bonds is 4. The van der Waals surface area contributed by atoms with E-state index in [9.17, 15) is 4.79 Å². The summed E-state index contributed by atoms with van der Waals surface area (Å²) < 4.78 is 0. The minimum atomic E-state index is -0.338. The summed E-state index contributed by atoms with van der Waals surface area (Å²) in [5.41, 5.74) is 5.21. The van der Waals surface area contributed by atoms with Crippen LogP contribution in [0.3, 0.4) is 0 Å². The van der Waals surface area contributed by atoms with Gasteiger partial charge in [0.05, 0.1) is 12.6 Å². The standard InChI is InChI=1S/C7H16N4O2/c1-5(7(12)11(2)3)9-4-6(8)10-13/h5,9,13H,4H2,1-3H3,(H2,8,10). The summed E-state index contributed by atoms with van der Waals surface area (Å²) in [6.07, 6.45) is 0. The van der Waals surface area contributed by atoms with Crippen molar-refractivity contribution in [1.29, 1.82) is 0 Å². The van der Waals surface area contributed by atoms with E-state index < -0.39 is 0 Å². The molecule has 0 saturated heterocycles. The van der Waals surface area contributed by atoms with Crippen molar-refractivity contribution in [2.75, 3.05) is 20.6 Å². The van der Waals surface area contributed by atoms with E-state index >= 15 is 0 Å². The lowest BCUT2D eigenvalue weighted by atomic mass is 10.3. The van der Waals surface area contributed by atoms with Crippen LogP contribution in [0.15, 0.2) is 5.16 Å². The minimum absolute atomic E-state index is 0.0502. The summed E-state index contributed by atoms with van der Waals surface area (Å²) in [5.74, 6) is 0.00384. The second-order valence-electron chi connectivity index (χ2n) is 2.93. The van der Waals surface area contributed by atoms with Crippen LogP contribution in [-0.4, -0.2) is 48.5 Å². The van der Waals surface area contributed by atoms with E-state index in [0.717, 1.165) is 0 Å². The molecule has 13 heavy (non-hydrogen) atoms. The summed E-state index contributed by atoms with van der Waals surface area (Å²) >= 11 is 0. The highest BCUT2D eigenvalue weighted by Gasteiger charge is 2.13. The van der Waals surface area contributed by atoms with Crippen molar-refractivity contribution in [3.63, 3.8) is 0 Å². The lowest BCUT2D eigenvalue weighted by Gasteiger charge is -2.17. The van der Waals surface area contributed by atoms with E-state index in [4.69, 9.17) is 10.9 Å². The Bertz CT molecular complexity index is 203. The second kappa shape index (κ2) is 5.36. The van der Waals surface area contributed by atoms with Crippen LogP contribution in [0.5, 0.6) is 0 Å². The van der Waals surface area contributed by atoms with E-state index in [1.54, 1.807) is 21.0 Å². The van der Waals surface area contributed by atoms with Crippen molar-refractivity contribution in [2.45, 2.75) is 13.0 Å². The van der Waals surface area contributed by atoms with Gasteiger partial charge in [-0.1, -0.05) is 5.16 Å². The van der Waals surface area contributed by atoms with Gasteiger partial charge < -0.3 is 15.8 Å². The quantitative estimate of drug-likeness (QED) is 0.224. The maximum absolute atomic E-state index is 11.3. The van der Waals surface area contributed by atoms with Crippen LogP contribution in [0.2, 0.25) is 0 Å². The molecule has 6 heteroatoms. The SMILES string of the molecule is CC(NCC(N)=NO)C(=O)N(C)C. The van der Waals surface area contributed by atoms with Gasteiger partial charge in [0.15, 0.2) is 5.84 Å². The van der Waals surface area contributed by atoms with E-state index in [2.05, 4.69) is 10.5 Å². The summed E-state index contributed by atoms with van der Waals surface area (Å²) in [6.45, 7) is 1.91. The first-order chi connectivity index (χ1) is 5.99. The Morgan fingerprint density at radius 3 is 2.62 bits per heavy atom. The number of carbonyl (C=O) groups excluding carboxylic acids is 1. The monoisotopic (exact) mass is 188 g/mol. The smallest absolute Gasteiger partial charge is 0.238 e. The Hall–Kier alpha value is -1.30. The number of likely N-dealkylation sites (N-methyl/N-ethyl adjacent to an activating group) is 1. The maximum Gasteiger partial charge on any atom is 0.238 e. The van der Waals surface area contributed by atoms with Crippen molar-refractivity contribution < 1.29 is 10.0 Å². The molecule has 0 bridgehead atoms. The Kier molecular flexibility index (Phi) is 4.83. The Morgan fingerprint density at radius 2 is 2.23 bits per heavy atom. The lowest BCUT2D eigenvalue weighted by molar-refractivity contribution is -0.130. The summed E-state index contributed by atoms with van der Waals surface area (Å²) in [4.78, 5) is 12.7. The number of nitrogens with zero attached hydrogens (tertiary/aromatic N) is 2. The largest absolute Gasteiger partial charge is 0.409 e. The van der Waals surface area contributed by atoms with E-state index in [-0.39, 0.29) is 24.3 Å². The predicted octanol–water partition coefficient (Wildman–Crippen LogP) is -1.20. The Labute approximate surface area is 77.4 Å². The van der Waals surface area contributed by atoms with Crippen LogP contribution in [0.4, 0.5) is 0 Å². The molecule has 0 aliphatic rings. The number of carbonyl (C=O) groups is 1.